The third-order valence-corrected chi connectivity index (χ3v) is 13.7. The van der Waals surface area contributed by atoms with Gasteiger partial charge in [-0.1, -0.05) is 185 Å². The van der Waals surface area contributed by atoms with Crippen LogP contribution in [0.25, 0.3) is 94.5 Å². The average molecular weight is 782 g/mol. The van der Waals surface area contributed by atoms with Gasteiger partial charge in [-0.25, -0.2) is 0 Å². The fourth-order valence-electron chi connectivity index (χ4n) is 10.7. The molecule has 1 heterocycles. The highest BCUT2D eigenvalue weighted by Gasteiger charge is 2.38. The van der Waals surface area contributed by atoms with Crippen molar-refractivity contribution in [3.05, 3.63) is 210 Å². The van der Waals surface area contributed by atoms with Crippen molar-refractivity contribution in [2.24, 2.45) is 0 Å². The topological polar surface area (TPSA) is 30.7 Å². The molecule has 61 heavy (non-hydrogen) atoms. The Morgan fingerprint density at radius 3 is 1.36 bits per heavy atom. The van der Waals surface area contributed by atoms with Gasteiger partial charge in [-0.05, 0) is 119 Å². The van der Waals surface area contributed by atoms with Crippen molar-refractivity contribution in [3.8, 4) is 73.0 Å². The summed E-state index contributed by atoms with van der Waals surface area (Å²) < 4.78 is 2.19. The van der Waals surface area contributed by atoms with Crippen LogP contribution in [-0.2, 0) is 10.8 Å². The SMILES string of the molecule is CC1(C)c2ccccc2-c2ccc(-c3c4ccccc4c(-c4ccc(-n5c(-c6ccccc6)nnc5-c5ccccc5)cc4)c4cc5c(cc34)C(C)(C)c3ccccc3-5)cc21. The van der Waals surface area contributed by atoms with E-state index in [9.17, 15) is 0 Å². The fourth-order valence-corrected chi connectivity index (χ4v) is 10.7. The van der Waals surface area contributed by atoms with Crippen LogP contribution in [0.4, 0.5) is 0 Å². The lowest BCUT2D eigenvalue weighted by atomic mass is 9.78. The van der Waals surface area contributed by atoms with Gasteiger partial charge in [0.15, 0.2) is 11.6 Å². The van der Waals surface area contributed by atoms with Gasteiger partial charge in [-0.15, -0.1) is 10.2 Å². The number of benzene rings is 9. The summed E-state index contributed by atoms with van der Waals surface area (Å²) in [6.07, 6.45) is 0. The molecule has 1 aromatic heterocycles. The lowest BCUT2D eigenvalue weighted by Crippen LogP contribution is -2.15. The van der Waals surface area contributed by atoms with Crippen molar-refractivity contribution in [3.63, 3.8) is 0 Å². The van der Waals surface area contributed by atoms with Crippen LogP contribution in [0.1, 0.15) is 49.9 Å². The molecule has 290 valence electrons. The molecule has 3 nitrogen and oxygen atoms in total. The molecular weight excluding hydrogens is 739 g/mol. The standard InChI is InChI=1S/C58H43N3/c1-57(2)49-25-15-13-21-41(49)43-32-29-39(33-51(43)57)54-45-24-12-11-23-44(45)53(47-34-46-42-22-14-16-26-50(42)58(3,4)52(46)35-48(47)54)36-27-30-40(31-28-36)61-55(37-17-7-5-8-18-37)59-60-56(61)38-19-9-6-10-20-38/h5-35H,1-4H3. The highest BCUT2D eigenvalue weighted by Crippen LogP contribution is 2.55. The second-order valence-electron chi connectivity index (χ2n) is 17.8. The van der Waals surface area contributed by atoms with Crippen molar-refractivity contribution in [2.75, 3.05) is 0 Å². The summed E-state index contributed by atoms with van der Waals surface area (Å²) in [6.45, 7) is 9.53. The van der Waals surface area contributed by atoms with Gasteiger partial charge >= 0.3 is 0 Å². The zero-order valence-corrected chi connectivity index (χ0v) is 34.7. The summed E-state index contributed by atoms with van der Waals surface area (Å²) in [4.78, 5) is 0. The summed E-state index contributed by atoms with van der Waals surface area (Å²) >= 11 is 0. The van der Waals surface area contributed by atoms with E-state index in [2.05, 4.69) is 208 Å². The lowest BCUT2D eigenvalue weighted by Gasteiger charge is -2.25. The van der Waals surface area contributed by atoms with Gasteiger partial charge in [0.25, 0.3) is 0 Å². The predicted molar refractivity (Wildman–Crippen MR) is 253 cm³/mol. The molecule has 0 radical (unpaired) electrons. The molecule has 0 N–H and O–H groups in total. The van der Waals surface area contributed by atoms with Crippen LogP contribution in [0.15, 0.2) is 188 Å². The second kappa shape index (κ2) is 13.1. The Hall–Kier alpha value is -7.36. The maximum Gasteiger partial charge on any atom is 0.168 e. The summed E-state index contributed by atoms with van der Waals surface area (Å²) in [5.74, 6) is 1.62. The number of rotatable bonds is 5. The fraction of sp³-hybridized carbons (Fsp3) is 0.103. The molecule has 0 atom stereocenters. The largest absolute Gasteiger partial charge is 0.275 e. The van der Waals surface area contributed by atoms with E-state index in [0.29, 0.717) is 0 Å². The number of aromatic nitrogens is 3. The molecular formula is C58H43N3. The molecule has 10 aromatic rings. The van der Waals surface area contributed by atoms with E-state index in [0.717, 1.165) is 28.5 Å². The minimum atomic E-state index is -0.141. The number of fused-ring (bicyclic) bond motifs is 8. The first-order chi connectivity index (χ1) is 29.8. The first-order valence-electron chi connectivity index (χ1n) is 21.3. The Morgan fingerprint density at radius 2 is 0.770 bits per heavy atom. The van der Waals surface area contributed by atoms with Crippen LogP contribution in [0.2, 0.25) is 0 Å². The lowest BCUT2D eigenvalue weighted by molar-refractivity contribution is 0.660. The van der Waals surface area contributed by atoms with E-state index in [1.807, 2.05) is 12.1 Å². The zero-order chi connectivity index (χ0) is 41.0. The summed E-state index contributed by atoms with van der Waals surface area (Å²) in [5, 5.41) is 14.6. The molecule has 2 aliphatic rings. The van der Waals surface area contributed by atoms with Crippen LogP contribution in [0.5, 0.6) is 0 Å². The normalized spacial score (nSPS) is 14.2. The molecule has 0 saturated heterocycles. The number of hydrogen-bond acceptors (Lipinski definition) is 2. The molecule has 0 fully saturated rings. The van der Waals surface area contributed by atoms with Crippen LogP contribution in [0, 0.1) is 0 Å². The molecule has 0 saturated carbocycles. The molecule has 0 aliphatic heterocycles. The Morgan fingerprint density at radius 1 is 0.328 bits per heavy atom. The van der Waals surface area contributed by atoms with Crippen LogP contribution in [-0.4, -0.2) is 14.8 Å². The minimum Gasteiger partial charge on any atom is -0.275 e. The first-order valence-corrected chi connectivity index (χ1v) is 21.3. The highest BCUT2D eigenvalue weighted by atomic mass is 15.3. The molecule has 3 heteroatoms. The van der Waals surface area contributed by atoms with Crippen molar-refractivity contribution >= 4 is 21.5 Å². The highest BCUT2D eigenvalue weighted by molar-refractivity contribution is 6.22. The van der Waals surface area contributed by atoms with Gasteiger partial charge in [0.05, 0.1) is 0 Å². The Bertz CT molecular complexity index is 3330. The average Bonchev–Trinajstić information content (AvgIpc) is 3.92. The molecule has 9 aromatic carbocycles. The van der Waals surface area contributed by atoms with Crippen LogP contribution >= 0.6 is 0 Å². The number of hydrogen-bond donors (Lipinski definition) is 0. The summed E-state index contributed by atoms with van der Waals surface area (Å²) in [5.41, 5.74) is 18.6. The van der Waals surface area contributed by atoms with E-state index >= 15 is 0 Å². The van der Waals surface area contributed by atoms with Crippen molar-refractivity contribution in [2.45, 2.75) is 38.5 Å². The molecule has 0 bridgehead atoms. The molecule has 12 rings (SSSR count). The van der Waals surface area contributed by atoms with Crippen LogP contribution in [0.3, 0.4) is 0 Å². The minimum absolute atomic E-state index is 0.106. The Balaban J connectivity index is 1.11. The van der Waals surface area contributed by atoms with Crippen molar-refractivity contribution in [1.82, 2.24) is 14.8 Å². The molecule has 0 amide bonds. The predicted octanol–water partition coefficient (Wildman–Crippen LogP) is 14.9. The van der Waals surface area contributed by atoms with E-state index in [1.54, 1.807) is 0 Å². The van der Waals surface area contributed by atoms with E-state index in [-0.39, 0.29) is 10.8 Å². The smallest absolute Gasteiger partial charge is 0.168 e. The Labute approximate surface area is 356 Å². The maximum absolute atomic E-state index is 4.76. The third-order valence-electron chi connectivity index (χ3n) is 13.7. The van der Waals surface area contributed by atoms with Crippen molar-refractivity contribution in [1.29, 1.82) is 0 Å². The zero-order valence-electron chi connectivity index (χ0n) is 34.7. The molecule has 0 spiro atoms. The summed E-state index contributed by atoms with van der Waals surface area (Å²) in [7, 11) is 0. The van der Waals surface area contributed by atoms with E-state index in [1.165, 1.54) is 88.3 Å². The van der Waals surface area contributed by atoms with Gasteiger partial charge in [-0.2, -0.15) is 0 Å². The first kappa shape index (κ1) is 35.6. The van der Waals surface area contributed by atoms with Gasteiger partial charge in [0.1, 0.15) is 0 Å². The van der Waals surface area contributed by atoms with Gasteiger partial charge in [0.2, 0.25) is 0 Å². The Kier molecular flexibility index (Phi) is 7.62. The van der Waals surface area contributed by atoms with Gasteiger partial charge in [0, 0.05) is 27.6 Å². The van der Waals surface area contributed by atoms with E-state index in [4.69, 9.17) is 10.2 Å². The van der Waals surface area contributed by atoms with E-state index < -0.39 is 0 Å². The van der Waals surface area contributed by atoms with Gasteiger partial charge < -0.3 is 0 Å². The van der Waals surface area contributed by atoms with Gasteiger partial charge in [-0.3, -0.25) is 4.57 Å². The monoisotopic (exact) mass is 781 g/mol. The van der Waals surface area contributed by atoms with Crippen LogP contribution < -0.4 is 0 Å². The summed E-state index contributed by atoms with van der Waals surface area (Å²) in [6, 6.07) is 69.0. The third kappa shape index (κ3) is 5.17. The molecule has 2 aliphatic carbocycles. The molecule has 0 unspecified atom stereocenters. The van der Waals surface area contributed by atoms with Crippen molar-refractivity contribution < 1.29 is 0 Å². The second-order valence-corrected chi connectivity index (χ2v) is 17.8. The maximum atomic E-state index is 4.76. The quantitative estimate of drug-likeness (QED) is 0.163. The number of nitrogens with zero attached hydrogens (tertiary/aromatic N) is 3.